The quantitative estimate of drug-likeness (QED) is 0.738. The van der Waals surface area contributed by atoms with Gasteiger partial charge in [0.05, 0.1) is 0 Å². The Labute approximate surface area is 81.1 Å². The summed E-state index contributed by atoms with van der Waals surface area (Å²) in [6, 6.07) is -0.388. The Bertz CT molecular complexity index is 263. The molecule has 0 fully saturated rings. The molecule has 0 radical (unpaired) electrons. The average molecular weight is 234 g/mol. The number of alkyl halides is 3. The van der Waals surface area contributed by atoms with Gasteiger partial charge in [-0.25, -0.2) is 0 Å². The molecule has 0 aromatic rings. The molecule has 0 bridgehead atoms. The lowest BCUT2D eigenvalue weighted by Gasteiger charge is -2.13. The smallest absolute Gasteiger partial charge is 0.200 e. The Morgan fingerprint density at radius 3 is 2.21 bits per heavy atom. The molecule has 0 saturated carbocycles. The van der Waals surface area contributed by atoms with Gasteiger partial charge < -0.3 is 0 Å². The maximum Gasteiger partial charge on any atom is 0.402 e. The zero-order valence-corrected chi connectivity index (χ0v) is 8.67. The molecule has 0 aliphatic heterocycles. The summed E-state index contributed by atoms with van der Waals surface area (Å²) in [6.07, 6.45) is -4.03. The standard InChI is InChI=1S/C6H13F3N2O2S/c1-3-5(2)11-14(12,13)10-4-6(7,8)9/h5,10-11H,3-4H2,1-2H3. The Balaban J connectivity index is 4.10. The van der Waals surface area contributed by atoms with Crippen molar-refractivity contribution in [2.45, 2.75) is 32.5 Å². The number of nitrogens with one attached hydrogen (secondary N) is 2. The zero-order chi connectivity index (χ0) is 11.4. The molecule has 8 heteroatoms. The van der Waals surface area contributed by atoms with Crippen LogP contribution < -0.4 is 9.44 Å². The second-order valence-corrected chi connectivity index (χ2v) is 4.40. The second kappa shape index (κ2) is 4.94. The summed E-state index contributed by atoms with van der Waals surface area (Å²) < 4.78 is 60.2. The van der Waals surface area contributed by atoms with Crippen LogP contribution in [-0.4, -0.2) is 27.2 Å². The normalized spacial score (nSPS) is 15.5. The van der Waals surface area contributed by atoms with Crippen LogP contribution >= 0.6 is 0 Å². The van der Waals surface area contributed by atoms with Crippen LogP contribution in [0.15, 0.2) is 0 Å². The molecule has 4 nitrogen and oxygen atoms in total. The Morgan fingerprint density at radius 2 is 1.86 bits per heavy atom. The third kappa shape index (κ3) is 7.10. The van der Waals surface area contributed by atoms with Crippen molar-refractivity contribution in [3.63, 3.8) is 0 Å². The minimum atomic E-state index is -4.54. The third-order valence-electron chi connectivity index (χ3n) is 1.43. The zero-order valence-electron chi connectivity index (χ0n) is 7.85. The lowest BCUT2D eigenvalue weighted by atomic mass is 10.3. The van der Waals surface area contributed by atoms with Gasteiger partial charge in [-0.05, 0) is 13.3 Å². The first-order valence-corrected chi connectivity index (χ1v) is 5.48. The van der Waals surface area contributed by atoms with E-state index >= 15 is 0 Å². The molecule has 86 valence electrons. The van der Waals surface area contributed by atoms with Gasteiger partial charge in [0.1, 0.15) is 6.54 Å². The molecule has 0 spiro atoms. The topological polar surface area (TPSA) is 58.2 Å². The number of hydrogen-bond donors (Lipinski definition) is 2. The monoisotopic (exact) mass is 234 g/mol. The Hall–Kier alpha value is -0.340. The lowest BCUT2D eigenvalue weighted by molar-refractivity contribution is -0.121. The van der Waals surface area contributed by atoms with Crippen molar-refractivity contribution in [2.24, 2.45) is 0 Å². The maximum absolute atomic E-state index is 11.7. The highest BCUT2D eigenvalue weighted by atomic mass is 32.2. The summed E-state index contributed by atoms with van der Waals surface area (Å²) in [4.78, 5) is 0. The van der Waals surface area contributed by atoms with Crippen molar-refractivity contribution in [1.29, 1.82) is 0 Å². The van der Waals surface area contributed by atoms with Crippen molar-refractivity contribution in [2.75, 3.05) is 6.54 Å². The van der Waals surface area contributed by atoms with Gasteiger partial charge in [0.15, 0.2) is 0 Å². The van der Waals surface area contributed by atoms with Crippen molar-refractivity contribution in [3.8, 4) is 0 Å². The summed E-state index contributed by atoms with van der Waals surface area (Å²) in [5, 5.41) is 0. The van der Waals surface area contributed by atoms with Crippen molar-refractivity contribution in [1.82, 2.24) is 9.44 Å². The average Bonchev–Trinajstić information content (AvgIpc) is 1.99. The fourth-order valence-corrected chi connectivity index (χ4v) is 1.70. The molecule has 14 heavy (non-hydrogen) atoms. The summed E-state index contributed by atoms with van der Waals surface area (Å²) in [7, 11) is -4.05. The third-order valence-corrected chi connectivity index (χ3v) is 2.67. The van der Waals surface area contributed by atoms with Gasteiger partial charge in [0.25, 0.3) is 10.2 Å². The van der Waals surface area contributed by atoms with Gasteiger partial charge in [-0.1, -0.05) is 6.92 Å². The highest BCUT2D eigenvalue weighted by molar-refractivity contribution is 7.87. The van der Waals surface area contributed by atoms with Gasteiger partial charge in [-0.2, -0.15) is 31.0 Å². The van der Waals surface area contributed by atoms with E-state index in [9.17, 15) is 21.6 Å². The van der Waals surface area contributed by atoms with E-state index in [4.69, 9.17) is 0 Å². The molecule has 0 aromatic heterocycles. The van der Waals surface area contributed by atoms with E-state index in [0.717, 1.165) is 0 Å². The molecular formula is C6H13F3N2O2S. The molecular weight excluding hydrogens is 221 g/mol. The predicted molar refractivity (Wildman–Crippen MR) is 45.9 cm³/mol. The SMILES string of the molecule is CCC(C)NS(=O)(=O)NCC(F)(F)F. The largest absolute Gasteiger partial charge is 0.402 e. The summed E-state index contributed by atoms with van der Waals surface area (Å²) >= 11 is 0. The van der Waals surface area contributed by atoms with Crippen LogP contribution in [0.2, 0.25) is 0 Å². The van der Waals surface area contributed by atoms with E-state index in [1.807, 2.05) is 4.72 Å². The summed E-state index contributed by atoms with van der Waals surface area (Å²) in [5.74, 6) is 0. The van der Waals surface area contributed by atoms with Crippen molar-refractivity contribution >= 4 is 10.2 Å². The number of rotatable bonds is 5. The van der Waals surface area contributed by atoms with E-state index in [0.29, 0.717) is 6.42 Å². The number of halogens is 3. The summed E-state index contributed by atoms with van der Waals surface area (Å²) in [5.41, 5.74) is 0. The molecule has 2 N–H and O–H groups in total. The molecule has 1 atom stereocenters. The van der Waals surface area contributed by atoms with Crippen molar-refractivity contribution in [3.05, 3.63) is 0 Å². The molecule has 0 aliphatic rings. The second-order valence-electron chi connectivity index (χ2n) is 2.87. The highest BCUT2D eigenvalue weighted by Gasteiger charge is 2.29. The van der Waals surface area contributed by atoms with E-state index < -0.39 is 22.9 Å². The van der Waals surface area contributed by atoms with Gasteiger partial charge in [0.2, 0.25) is 0 Å². The van der Waals surface area contributed by atoms with Crippen LogP contribution in [0.1, 0.15) is 20.3 Å². The lowest BCUT2D eigenvalue weighted by Crippen LogP contribution is -2.44. The minimum Gasteiger partial charge on any atom is -0.200 e. The first kappa shape index (κ1) is 13.7. The van der Waals surface area contributed by atoms with Gasteiger partial charge in [0, 0.05) is 6.04 Å². The predicted octanol–water partition coefficient (Wildman–Crippen LogP) is 0.771. The van der Waals surface area contributed by atoms with E-state index in [1.165, 1.54) is 4.72 Å². The van der Waals surface area contributed by atoms with Crippen LogP contribution in [0, 0.1) is 0 Å². The Kier molecular flexibility index (Phi) is 4.82. The van der Waals surface area contributed by atoms with E-state index in [1.54, 1.807) is 13.8 Å². The number of hydrogen-bond acceptors (Lipinski definition) is 2. The fraction of sp³-hybridized carbons (Fsp3) is 1.00. The molecule has 0 amide bonds. The van der Waals surface area contributed by atoms with Crippen LogP contribution in [0.4, 0.5) is 13.2 Å². The van der Waals surface area contributed by atoms with Gasteiger partial charge in [-0.3, -0.25) is 0 Å². The molecule has 0 saturated heterocycles. The fourth-order valence-electron chi connectivity index (χ4n) is 0.567. The minimum absolute atomic E-state index is 0.388. The van der Waals surface area contributed by atoms with Crippen LogP contribution in [0.25, 0.3) is 0 Å². The van der Waals surface area contributed by atoms with Crippen LogP contribution in [0.5, 0.6) is 0 Å². The van der Waals surface area contributed by atoms with E-state index in [-0.39, 0.29) is 6.04 Å². The molecule has 1 unspecified atom stereocenters. The first-order valence-electron chi connectivity index (χ1n) is 4.00. The van der Waals surface area contributed by atoms with Gasteiger partial charge >= 0.3 is 6.18 Å². The Morgan fingerprint density at radius 1 is 1.36 bits per heavy atom. The van der Waals surface area contributed by atoms with Crippen molar-refractivity contribution < 1.29 is 21.6 Å². The molecule has 0 heterocycles. The van der Waals surface area contributed by atoms with Crippen LogP contribution in [-0.2, 0) is 10.2 Å². The molecule has 0 aliphatic carbocycles. The van der Waals surface area contributed by atoms with Gasteiger partial charge in [-0.15, -0.1) is 0 Å². The van der Waals surface area contributed by atoms with Crippen LogP contribution in [0.3, 0.4) is 0 Å². The maximum atomic E-state index is 11.7. The first-order chi connectivity index (χ1) is 6.16. The van der Waals surface area contributed by atoms with E-state index in [2.05, 4.69) is 0 Å². The highest BCUT2D eigenvalue weighted by Crippen LogP contribution is 2.12. The summed E-state index contributed by atoms with van der Waals surface area (Å²) in [6.45, 7) is 1.72. The molecule has 0 aromatic carbocycles. The molecule has 0 rings (SSSR count).